The second-order valence-electron chi connectivity index (χ2n) is 13.0. The van der Waals surface area contributed by atoms with Crippen molar-refractivity contribution in [2.45, 2.75) is 0 Å². The second kappa shape index (κ2) is 11.2. The van der Waals surface area contributed by atoms with Crippen LogP contribution in [-0.2, 0) is 0 Å². The first-order chi connectivity index (χ1) is 24.7. The normalized spacial score (nSPS) is 11.7. The van der Waals surface area contributed by atoms with E-state index in [1.807, 2.05) is 30.3 Å². The van der Waals surface area contributed by atoms with Gasteiger partial charge in [0, 0.05) is 27.3 Å². The molecule has 10 rings (SSSR count). The van der Waals surface area contributed by atoms with Gasteiger partial charge in [0.15, 0.2) is 0 Å². The molecule has 1 N–H and O–H groups in total. The van der Waals surface area contributed by atoms with Crippen LogP contribution in [0.15, 0.2) is 180 Å². The fourth-order valence-electron chi connectivity index (χ4n) is 7.87. The third-order valence-electron chi connectivity index (χ3n) is 10.2. The Morgan fingerprint density at radius 2 is 0.860 bits per heavy atom. The highest BCUT2D eigenvalue weighted by molar-refractivity contribution is 6.24. The molecule has 0 spiro atoms. The number of rotatable bonds is 4. The van der Waals surface area contributed by atoms with Crippen LogP contribution >= 0.6 is 0 Å². The summed E-state index contributed by atoms with van der Waals surface area (Å²) < 4.78 is 6.59. The summed E-state index contributed by atoms with van der Waals surface area (Å²) in [6.45, 7) is 0. The molecule has 0 saturated carbocycles. The van der Waals surface area contributed by atoms with Gasteiger partial charge in [-0.15, -0.1) is 0 Å². The molecule has 10 aromatic rings. The summed E-state index contributed by atoms with van der Waals surface area (Å²) in [7, 11) is 0. The average Bonchev–Trinajstić information content (AvgIpc) is 3.55. The summed E-state index contributed by atoms with van der Waals surface area (Å²) in [5.74, 6) is 0.232. The van der Waals surface area contributed by atoms with E-state index >= 15 is 0 Å². The molecular formula is C48H30O2. The third kappa shape index (κ3) is 4.36. The van der Waals surface area contributed by atoms with Gasteiger partial charge >= 0.3 is 0 Å². The van der Waals surface area contributed by atoms with E-state index in [1.165, 1.54) is 27.8 Å². The molecule has 0 unspecified atom stereocenters. The van der Waals surface area contributed by atoms with Crippen molar-refractivity contribution in [1.82, 2.24) is 0 Å². The van der Waals surface area contributed by atoms with Gasteiger partial charge in [0.2, 0.25) is 0 Å². The molecule has 9 aromatic carbocycles. The molecule has 0 fully saturated rings. The van der Waals surface area contributed by atoms with Gasteiger partial charge in [0.1, 0.15) is 16.9 Å². The number of hydrogen-bond acceptors (Lipinski definition) is 2. The van der Waals surface area contributed by atoms with Crippen molar-refractivity contribution in [3.05, 3.63) is 176 Å². The fourth-order valence-corrected chi connectivity index (χ4v) is 7.87. The van der Waals surface area contributed by atoms with Gasteiger partial charge in [-0.25, -0.2) is 0 Å². The summed E-state index contributed by atoms with van der Waals surface area (Å²) in [6.07, 6.45) is 0. The first-order valence-electron chi connectivity index (χ1n) is 17.0. The molecule has 0 aliphatic heterocycles. The molecular weight excluding hydrogens is 609 g/mol. The SMILES string of the molecule is Oc1cc2c(cc1-c1c3ccccc3c(-c3ccccc3-c3ccc(-c4ccccc4)cc3)c3ccccc13)oc1c3ccccc3ccc21. The highest BCUT2D eigenvalue weighted by Gasteiger charge is 2.22. The number of phenols is 1. The van der Waals surface area contributed by atoms with Crippen molar-refractivity contribution in [1.29, 1.82) is 0 Å². The largest absolute Gasteiger partial charge is 0.507 e. The van der Waals surface area contributed by atoms with Crippen LogP contribution in [0.3, 0.4) is 0 Å². The lowest BCUT2D eigenvalue weighted by Crippen LogP contribution is -1.93. The fraction of sp³-hybridized carbons (Fsp3) is 0. The maximum atomic E-state index is 11.8. The molecule has 0 radical (unpaired) electrons. The lowest BCUT2D eigenvalue weighted by atomic mass is 9.83. The molecule has 1 heterocycles. The van der Waals surface area contributed by atoms with E-state index in [0.29, 0.717) is 0 Å². The van der Waals surface area contributed by atoms with Crippen molar-refractivity contribution in [3.63, 3.8) is 0 Å². The summed E-state index contributed by atoms with van der Waals surface area (Å²) >= 11 is 0. The van der Waals surface area contributed by atoms with Gasteiger partial charge in [0.05, 0.1) is 0 Å². The Morgan fingerprint density at radius 3 is 1.54 bits per heavy atom. The van der Waals surface area contributed by atoms with E-state index < -0.39 is 0 Å². The van der Waals surface area contributed by atoms with Crippen LogP contribution in [0.2, 0.25) is 0 Å². The minimum atomic E-state index is 0.232. The van der Waals surface area contributed by atoms with E-state index in [0.717, 1.165) is 70.9 Å². The lowest BCUT2D eigenvalue weighted by Gasteiger charge is -2.20. The molecule has 2 nitrogen and oxygen atoms in total. The predicted molar refractivity (Wildman–Crippen MR) is 210 cm³/mol. The number of aromatic hydroxyl groups is 1. The van der Waals surface area contributed by atoms with Gasteiger partial charge in [-0.1, -0.05) is 158 Å². The van der Waals surface area contributed by atoms with Crippen LogP contribution in [0.25, 0.3) is 98.8 Å². The summed E-state index contributed by atoms with van der Waals surface area (Å²) in [4.78, 5) is 0. The molecule has 0 aliphatic rings. The van der Waals surface area contributed by atoms with Gasteiger partial charge in [-0.05, 0) is 78.5 Å². The molecule has 234 valence electrons. The summed E-state index contributed by atoms with van der Waals surface area (Å²) in [5.41, 5.74) is 10.4. The molecule has 0 saturated heterocycles. The maximum Gasteiger partial charge on any atom is 0.143 e. The van der Waals surface area contributed by atoms with Crippen LogP contribution < -0.4 is 0 Å². The van der Waals surface area contributed by atoms with Crippen molar-refractivity contribution in [2.24, 2.45) is 0 Å². The highest BCUT2D eigenvalue weighted by Crippen LogP contribution is 2.49. The Hall–Kier alpha value is -6.64. The first-order valence-corrected chi connectivity index (χ1v) is 17.0. The highest BCUT2D eigenvalue weighted by atomic mass is 16.3. The Labute approximate surface area is 289 Å². The maximum absolute atomic E-state index is 11.8. The van der Waals surface area contributed by atoms with Gasteiger partial charge in [-0.3, -0.25) is 0 Å². The zero-order valence-corrected chi connectivity index (χ0v) is 27.1. The second-order valence-corrected chi connectivity index (χ2v) is 13.0. The van der Waals surface area contributed by atoms with Crippen molar-refractivity contribution in [2.75, 3.05) is 0 Å². The van der Waals surface area contributed by atoms with Gasteiger partial charge in [-0.2, -0.15) is 0 Å². The van der Waals surface area contributed by atoms with E-state index in [9.17, 15) is 5.11 Å². The van der Waals surface area contributed by atoms with Crippen molar-refractivity contribution < 1.29 is 9.52 Å². The topological polar surface area (TPSA) is 33.4 Å². The Balaban J connectivity index is 1.21. The van der Waals surface area contributed by atoms with E-state index in [2.05, 4.69) is 146 Å². The Kier molecular flexibility index (Phi) is 6.37. The summed E-state index contributed by atoms with van der Waals surface area (Å²) in [5, 5.41) is 20.3. The third-order valence-corrected chi connectivity index (χ3v) is 10.2. The smallest absolute Gasteiger partial charge is 0.143 e. The number of furan rings is 1. The average molecular weight is 639 g/mol. The van der Waals surface area contributed by atoms with Crippen molar-refractivity contribution in [3.8, 4) is 50.3 Å². The van der Waals surface area contributed by atoms with Gasteiger partial charge < -0.3 is 9.52 Å². The molecule has 50 heavy (non-hydrogen) atoms. The summed E-state index contributed by atoms with van der Waals surface area (Å²) in [6, 6.07) is 61.6. The quantitative estimate of drug-likeness (QED) is 0.195. The molecule has 0 amide bonds. The molecule has 1 aromatic heterocycles. The van der Waals surface area contributed by atoms with Crippen LogP contribution in [0.5, 0.6) is 5.75 Å². The van der Waals surface area contributed by atoms with Crippen LogP contribution in [0.4, 0.5) is 0 Å². The Bertz CT molecular complexity index is 2860. The lowest BCUT2D eigenvalue weighted by molar-refractivity contribution is 0.478. The molecule has 0 atom stereocenters. The standard InChI is InChI=1S/C48H30O2/c49-44-28-42-41-27-26-32-14-4-5-16-35(32)48(41)50-45(42)29-43(44)47-39-20-10-8-18-37(39)46(38-19-9-11-21-40(38)47)36-17-7-6-15-34(36)33-24-22-31(23-25-33)30-12-2-1-3-13-30/h1-29,49H. The zero-order chi connectivity index (χ0) is 33.2. The van der Waals surface area contributed by atoms with Crippen LogP contribution in [0, 0.1) is 0 Å². The van der Waals surface area contributed by atoms with Gasteiger partial charge in [0.25, 0.3) is 0 Å². The molecule has 0 aliphatic carbocycles. The minimum absolute atomic E-state index is 0.232. The number of phenolic OH excluding ortho intramolecular Hbond substituents is 1. The predicted octanol–water partition coefficient (Wildman–Crippen LogP) is 13.4. The molecule has 2 heteroatoms. The van der Waals surface area contributed by atoms with Crippen LogP contribution in [0.1, 0.15) is 0 Å². The first kappa shape index (κ1) is 28.4. The molecule has 0 bridgehead atoms. The number of fused-ring (bicyclic) bond motifs is 7. The monoisotopic (exact) mass is 638 g/mol. The van der Waals surface area contributed by atoms with E-state index in [-0.39, 0.29) is 5.75 Å². The Morgan fingerprint density at radius 1 is 0.340 bits per heavy atom. The van der Waals surface area contributed by atoms with Crippen LogP contribution in [-0.4, -0.2) is 5.11 Å². The zero-order valence-electron chi connectivity index (χ0n) is 27.1. The minimum Gasteiger partial charge on any atom is -0.507 e. The number of benzene rings is 9. The van der Waals surface area contributed by atoms with E-state index in [4.69, 9.17) is 4.42 Å². The number of hydrogen-bond donors (Lipinski definition) is 1. The van der Waals surface area contributed by atoms with E-state index in [1.54, 1.807) is 0 Å². The van der Waals surface area contributed by atoms with Crippen molar-refractivity contribution >= 4 is 54.3 Å².